The van der Waals surface area contributed by atoms with Crippen molar-refractivity contribution in [1.29, 1.82) is 0 Å². The number of rotatable bonds is 5. The average molecular weight is 276 g/mol. The molecule has 2 aromatic rings. The van der Waals surface area contributed by atoms with Crippen LogP contribution in [0.1, 0.15) is 18.4 Å². The van der Waals surface area contributed by atoms with Crippen LogP contribution in [-0.2, 0) is 13.6 Å². The molecule has 100 valence electrons. The summed E-state index contributed by atoms with van der Waals surface area (Å²) in [7, 11) is 1.72. The molecule has 0 aliphatic heterocycles. The van der Waals surface area contributed by atoms with Gasteiger partial charge in [0.25, 0.3) is 0 Å². The number of aromatic amines is 1. The fourth-order valence-corrected chi connectivity index (χ4v) is 2.74. The Morgan fingerprint density at radius 1 is 1.47 bits per heavy atom. The molecule has 3 rings (SSSR count). The van der Waals surface area contributed by atoms with Gasteiger partial charge in [-0.15, -0.1) is 5.10 Å². The van der Waals surface area contributed by atoms with Gasteiger partial charge in [0.1, 0.15) is 0 Å². The number of hydrogen-bond donors (Lipinski definition) is 2. The minimum Gasteiger partial charge on any atom is -0.310 e. The summed E-state index contributed by atoms with van der Waals surface area (Å²) in [5.41, 5.74) is 1.06. The normalized spacial score (nSPS) is 14.8. The van der Waals surface area contributed by atoms with E-state index in [1.807, 2.05) is 12.1 Å². The van der Waals surface area contributed by atoms with Gasteiger partial charge in [-0.2, -0.15) is 0 Å². The van der Waals surface area contributed by atoms with Gasteiger partial charge in [0.2, 0.25) is 0 Å². The molecule has 1 aromatic carbocycles. The molecule has 1 aromatic heterocycles. The van der Waals surface area contributed by atoms with Crippen molar-refractivity contribution >= 4 is 11.8 Å². The van der Waals surface area contributed by atoms with Gasteiger partial charge in [0.15, 0.2) is 5.16 Å². The van der Waals surface area contributed by atoms with Crippen LogP contribution in [0, 0.1) is 0 Å². The molecule has 1 aliphatic rings. The predicted molar refractivity (Wildman–Crippen MR) is 74.3 cm³/mol. The van der Waals surface area contributed by atoms with E-state index in [1.54, 1.807) is 7.05 Å². The molecule has 1 fully saturated rings. The topological polar surface area (TPSA) is 62.7 Å². The molecule has 0 spiro atoms. The first-order chi connectivity index (χ1) is 9.24. The van der Waals surface area contributed by atoms with Gasteiger partial charge in [0, 0.05) is 24.5 Å². The van der Waals surface area contributed by atoms with E-state index in [9.17, 15) is 4.79 Å². The van der Waals surface area contributed by atoms with E-state index in [0.717, 1.165) is 11.4 Å². The van der Waals surface area contributed by atoms with Crippen molar-refractivity contribution in [2.45, 2.75) is 35.5 Å². The quantitative estimate of drug-likeness (QED) is 0.869. The van der Waals surface area contributed by atoms with Crippen LogP contribution in [-0.4, -0.2) is 20.8 Å². The van der Waals surface area contributed by atoms with Crippen molar-refractivity contribution in [2.24, 2.45) is 7.05 Å². The third kappa shape index (κ3) is 2.90. The molecule has 2 N–H and O–H groups in total. The number of aromatic nitrogens is 3. The number of hydrogen-bond acceptors (Lipinski definition) is 4. The third-order valence-corrected chi connectivity index (χ3v) is 4.34. The first-order valence-electron chi connectivity index (χ1n) is 6.34. The first-order valence-corrected chi connectivity index (χ1v) is 7.16. The largest absolute Gasteiger partial charge is 0.343 e. The monoisotopic (exact) mass is 276 g/mol. The Morgan fingerprint density at radius 2 is 2.26 bits per heavy atom. The highest BCUT2D eigenvalue weighted by Gasteiger charge is 2.20. The molecule has 1 aliphatic carbocycles. The molecule has 1 saturated carbocycles. The van der Waals surface area contributed by atoms with Gasteiger partial charge in [-0.25, -0.2) is 9.89 Å². The Kier molecular flexibility index (Phi) is 3.44. The zero-order valence-electron chi connectivity index (χ0n) is 10.7. The van der Waals surface area contributed by atoms with E-state index < -0.39 is 0 Å². The lowest BCUT2D eigenvalue weighted by atomic mass is 10.2. The fraction of sp³-hybridized carbons (Fsp3) is 0.385. The Balaban J connectivity index is 1.79. The highest BCUT2D eigenvalue weighted by atomic mass is 32.2. The number of nitrogens with one attached hydrogen (secondary N) is 2. The maximum atomic E-state index is 11.4. The van der Waals surface area contributed by atoms with Crippen molar-refractivity contribution in [3.63, 3.8) is 0 Å². The second kappa shape index (κ2) is 5.22. The Labute approximate surface area is 115 Å². The summed E-state index contributed by atoms with van der Waals surface area (Å²) in [6, 6.07) is 8.91. The standard InChI is InChI=1S/C13H16N4OS/c1-17-12(18)15-16-13(17)19-11-5-3-2-4-9(11)8-14-10-6-7-10/h2-5,10,14H,6-8H2,1H3,(H,15,18). The molecule has 19 heavy (non-hydrogen) atoms. The van der Waals surface area contributed by atoms with Crippen molar-refractivity contribution in [2.75, 3.05) is 0 Å². The smallest absolute Gasteiger partial charge is 0.310 e. The van der Waals surface area contributed by atoms with Crippen LogP contribution < -0.4 is 11.0 Å². The summed E-state index contributed by atoms with van der Waals surface area (Å²) in [5.74, 6) is 0. The SMILES string of the molecule is Cn1c(Sc2ccccc2CNC2CC2)n[nH]c1=O. The maximum absolute atomic E-state index is 11.4. The maximum Gasteiger partial charge on any atom is 0.343 e. The second-order valence-electron chi connectivity index (χ2n) is 4.74. The van der Waals surface area contributed by atoms with Gasteiger partial charge in [-0.05, 0) is 36.2 Å². The number of benzene rings is 1. The minimum absolute atomic E-state index is 0.184. The minimum atomic E-state index is -0.184. The molecule has 0 saturated heterocycles. The van der Waals surface area contributed by atoms with Gasteiger partial charge >= 0.3 is 5.69 Å². The lowest BCUT2D eigenvalue weighted by molar-refractivity contribution is 0.680. The van der Waals surface area contributed by atoms with E-state index in [4.69, 9.17) is 0 Å². The summed E-state index contributed by atoms with van der Waals surface area (Å²) >= 11 is 1.51. The van der Waals surface area contributed by atoms with E-state index >= 15 is 0 Å². The average Bonchev–Trinajstić information content (AvgIpc) is 3.20. The van der Waals surface area contributed by atoms with Crippen molar-refractivity contribution in [3.05, 3.63) is 40.3 Å². The van der Waals surface area contributed by atoms with Gasteiger partial charge in [0.05, 0.1) is 0 Å². The summed E-state index contributed by atoms with van der Waals surface area (Å²) in [6.07, 6.45) is 2.56. The van der Waals surface area contributed by atoms with Crippen molar-refractivity contribution < 1.29 is 0 Å². The summed E-state index contributed by atoms with van der Waals surface area (Å²) < 4.78 is 1.52. The molecular weight excluding hydrogens is 260 g/mol. The predicted octanol–water partition coefficient (Wildman–Crippen LogP) is 1.51. The highest BCUT2D eigenvalue weighted by Crippen LogP contribution is 2.28. The van der Waals surface area contributed by atoms with Crippen molar-refractivity contribution in [3.8, 4) is 0 Å². The Bertz CT molecular complexity index is 630. The molecule has 6 heteroatoms. The summed E-state index contributed by atoms with van der Waals surface area (Å²) in [5, 5.41) is 10.7. The third-order valence-electron chi connectivity index (χ3n) is 3.17. The Hall–Kier alpha value is -1.53. The number of nitrogens with zero attached hydrogens (tertiary/aromatic N) is 2. The summed E-state index contributed by atoms with van der Waals surface area (Å²) in [4.78, 5) is 12.5. The zero-order valence-corrected chi connectivity index (χ0v) is 11.5. The number of H-pyrrole nitrogens is 1. The van der Waals surface area contributed by atoms with Gasteiger partial charge < -0.3 is 5.32 Å². The highest BCUT2D eigenvalue weighted by molar-refractivity contribution is 7.99. The molecule has 5 nitrogen and oxygen atoms in total. The molecule has 1 heterocycles. The van der Waals surface area contributed by atoms with Crippen LogP contribution in [0.15, 0.2) is 39.1 Å². The molecule has 0 radical (unpaired) electrons. The molecule has 0 unspecified atom stereocenters. The van der Waals surface area contributed by atoms with Crippen molar-refractivity contribution in [1.82, 2.24) is 20.1 Å². The molecular formula is C13H16N4OS. The van der Waals surface area contributed by atoms with Gasteiger partial charge in [-0.1, -0.05) is 18.2 Å². The van der Waals surface area contributed by atoms with Crippen LogP contribution in [0.3, 0.4) is 0 Å². The van der Waals surface area contributed by atoms with E-state index in [-0.39, 0.29) is 5.69 Å². The lowest BCUT2D eigenvalue weighted by Crippen LogP contribution is -2.16. The van der Waals surface area contributed by atoms with Crippen LogP contribution in [0.4, 0.5) is 0 Å². The summed E-state index contributed by atoms with van der Waals surface area (Å²) in [6.45, 7) is 0.867. The van der Waals surface area contributed by atoms with Crippen LogP contribution in [0.2, 0.25) is 0 Å². The van der Waals surface area contributed by atoms with Crippen LogP contribution >= 0.6 is 11.8 Å². The molecule has 0 atom stereocenters. The van der Waals surface area contributed by atoms with E-state index in [2.05, 4.69) is 27.6 Å². The first kappa shape index (κ1) is 12.5. The van der Waals surface area contributed by atoms with E-state index in [1.165, 1.54) is 34.7 Å². The van der Waals surface area contributed by atoms with Crippen LogP contribution in [0.5, 0.6) is 0 Å². The second-order valence-corrected chi connectivity index (χ2v) is 5.74. The molecule has 0 bridgehead atoms. The van der Waals surface area contributed by atoms with E-state index in [0.29, 0.717) is 11.2 Å². The lowest BCUT2D eigenvalue weighted by Gasteiger charge is -2.09. The molecule has 0 amide bonds. The fourth-order valence-electron chi connectivity index (χ4n) is 1.81. The zero-order chi connectivity index (χ0) is 13.2. The van der Waals surface area contributed by atoms with Crippen LogP contribution in [0.25, 0.3) is 0 Å². The van der Waals surface area contributed by atoms with Gasteiger partial charge in [-0.3, -0.25) is 4.57 Å². The Morgan fingerprint density at radius 3 is 2.95 bits per heavy atom.